The predicted molar refractivity (Wildman–Crippen MR) is 123 cm³/mol. The van der Waals surface area contributed by atoms with Crippen LogP contribution in [0, 0.1) is 19.3 Å². The van der Waals surface area contributed by atoms with E-state index in [1.165, 1.54) is 6.92 Å². The number of anilines is 1. The number of carbonyl (C=O) groups excluding carboxylic acids is 3. The minimum atomic E-state index is -0.973. The zero-order valence-corrected chi connectivity index (χ0v) is 19.1. The third-order valence-corrected chi connectivity index (χ3v) is 5.07. The summed E-state index contributed by atoms with van der Waals surface area (Å²) in [5, 5.41) is 2.81. The van der Waals surface area contributed by atoms with E-state index in [0.29, 0.717) is 27.8 Å². The summed E-state index contributed by atoms with van der Waals surface area (Å²) in [7, 11) is 0. The minimum Gasteiger partial charge on any atom is -0.451 e. The van der Waals surface area contributed by atoms with Crippen LogP contribution in [0.1, 0.15) is 59.8 Å². The first-order valence-corrected chi connectivity index (χ1v) is 10.4. The molecule has 1 aromatic heterocycles. The Bertz CT molecular complexity index is 1190. The fourth-order valence-electron chi connectivity index (χ4n) is 2.91. The van der Waals surface area contributed by atoms with Gasteiger partial charge in [-0.1, -0.05) is 20.8 Å². The van der Waals surface area contributed by atoms with Crippen molar-refractivity contribution in [2.45, 2.75) is 47.6 Å². The molecule has 7 heteroatoms. The van der Waals surface area contributed by atoms with Crippen LogP contribution in [0.15, 0.2) is 42.5 Å². The fourth-order valence-corrected chi connectivity index (χ4v) is 2.91. The highest BCUT2D eigenvalue weighted by Crippen LogP contribution is 2.19. The van der Waals surface area contributed by atoms with Crippen LogP contribution in [-0.2, 0) is 9.53 Å². The molecule has 3 aromatic rings. The van der Waals surface area contributed by atoms with Crippen LogP contribution < -0.4 is 5.32 Å². The molecule has 3 rings (SSSR count). The summed E-state index contributed by atoms with van der Waals surface area (Å²) < 4.78 is 5.39. The fraction of sp³-hybridized carbons (Fsp3) is 0.320. The van der Waals surface area contributed by atoms with Gasteiger partial charge in [-0.3, -0.25) is 9.59 Å². The number of ether oxygens (including phenoxy) is 1. The lowest BCUT2D eigenvalue weighted by molar-refractivity contribution is -0.123. The molecule has 0 bridgehead atoms. The molecule has 1 heterocycles. The number of rotatable bonds is 5. The van der Waals surface area contributed by atoms with E-state index in [1.807, 2.05) is 34.6 Å². The van der Waals surface area contributed by atoms with Crippen LogP contribution in [0.3, 0.4) is 0 Å². The third-order valence-electron chi connectivity index (χ3n) is 5.07. The maximum atomic E-state index is 12.7. The number of benzene rings is 2. The highest BCUT2D eigenvalue weighted by molar-refractivity contribution is 6.02. The Labute approximate surface area is 187 Å². The SMILES string of the molecule is Cc1nc2ccc(C(=O)OC(C)C(=O)c3ccc(NC(=O)C(C)(C)C)cc3)cc2nc1C. The molecule has 1 N–H and O–H groups in total. The second-order valence-corrected chi connectivity index (χ2v) is 8.79. The molecule has 1 unspecified atom stereocenters. The summed E-state index contributed by atoms with van der Waals surface area (Å²) in [6.07, 6.45) is -0.973. The standard InChI is InChI=1S/C25H27N3O4/c1-14-15(2)27-21-13-18(9-12-20(21)26-14)23(30)32-16(3)22(29)17-7-10-19(11-8-17)28-24(31)25(4,5)6/h7-13,16H,1-6H3,(H,28,31). The molecule has 32 heavy (non-hydrogen) atoms. The molecule has 0 spiro atoms. The van der Waals surface area contributed by atoms with E-state index in [9.17, 15) is 14.4 Å². The third kappa shape index (κ3) is 5.17. The molecule has 2 aromatic carbocycles. The highest BCUT2D eigenvalue weighted by atomic mass is 16.5. The van der Waals surface area contributed by atoms with Gasteiger partial charge >= 0.3 is 5.97 Å². The van der Waals surface area contributed by atoms with Crippen LogP contribution in [-0.4, -0.2) is 33.7 Å². The molecule has 0 aliphatic heterocycles. The molecular weight excluding hydrogens is 406 g/mol. The first kappa shape index (κ1) is 23.1. The summed E-state index contributed by atoms with van der Waals surface area (Å²) in [5.41, 5.74) is 3.65. The van der Waals surface area contributed by atoms with E-state index >= 15 is 0 Å². The number of amides is 1. The number of nitrogens with one attached hydrogen (secondary N) is 1. The molecule has 0 saturated carbocycles. The second kappa shape index (κ2) is 8.86. The lowest BCUT2D eigenvalue weighted by atomic mass is 9.95. The number of aromatic nitrogens is 2. The molecule has 0 fully saturated rings. The van der Waals surface area contributed by atoms with Crippen molar-refractivity contribution in [1.82, 2.24) is 9.97 Å². The van der Waals surface area contributed by atoms with Gasteiger partial charge in [0.25, 0.3) is 0 Å². The van der Waals surface area contributed by atoms with Crippen molar-refractivity contribution in [3.63, 3.8) is 0 Å². The van der Waals surface area contributed by atoms with Gasteiger partial charge in [0.1, 0.15) is 0 Å². The van der Waals surface area contributed by atoms with Gasteiger partial charge in [0.15, 0.2) is 6.10 Å². The van der Waals surface area contributed by atoms with E-state index < -0.39 is 17.5 Å². The summed E-state index contributed by atoms with van der Waals surface area (Å²) in [4.78, 5) is 46.3. The number of aryl methyl sites for hydroxylation is 2. The molecule has 166 valence electrons. The number of carbonyl (C=O) groups is 3. The van der Waals surface area contributed by atoms with Gasteiger partial charge in [0.05, 0.1) is 28.0 Å². The number of hydrogen-bond donors (Lipinski definition) is 1. The quantitative estimate of drug-likeness (QED) is 0.464. The zero-order chi connectivity index (χ0) is 23.6. The van der Waals surface area contributed by atoms with Crippen molar-refractivity contribution < 1.29 is 19.1 Å². The molecule has 0 radical (unpaired) electrons. The van der Waals surface area contributed by atoms with Crippen LogP contribution in [0.2, 0.25) is 0 Å². The molecule has 0 aliphatic rings. The van der Waals surface area contributed by atoms with Gasteiger partial charge in [-0.15, -0.1) is 0 Å². The van der Waals surface area contributed by atoms with E-state index in [-0.39, 0.29) is 11.7 Å². The lowest BCUT2D eigenvalue weighted by Crippen LogP contribution is -2.27. The van der Waals surface area contributed by atoms with Crippen molar-refractivity contribution in [3.8, 4) is 0 Å². The Hall–Kier alpha value is -3.61. The molecule has 7 nitrogen and oxygen atoms in total. The summed E-state index contributed by atoms with van der Waals surface area (Å²) >= 11 is 0. The first-order valence-electron chi connectivity index (χ1n) is 10.4. The number of hydrogen-bond acceptors (Lipinski definition) is 6. The number of Topliss-reactive ketones (excluding diaryl/α,β-unsaturated/α-hetero) is 1. The normalized spacial score (nSPS) is 12.3. The lowest BCUT2D eigenvalue weighted by Gasteiger charge is -2.18. The maximum absolute atomic E-state index is 12.7. The number of nitrogens with zero attached hydrogens (tertiary/aromatic N) is 2. The molecule has 1 atom stereocenters. The van der Waals surface area contributed by atoms with Crippen molar-refractivity contribution in [3.05, 3.63) is 65.0 Å². The highest BCUT2D eigenvalue weighted by Gasteiger charge is 2.23. The largest absolute Gasteiger partial charge is 0.451 e. The first-order chi connectivity index (χ1) is 15.0. The van der Waals surface area contributed by atoms with Gasteiger partial charge in [-0.2, -0.15) is 0 Å². The van der Waals surface area contributed by atoms with E-state index in [4.69, 9.17) is 4.74 Å². The summed E-state index contributed by atoms with van der Waals surface area (Å²) in [5.74, 6) is -1.06. The topological polar surface area (TPSA) is 98.2 Å². The van der Waals surface area contributed by atoms with Crippen LogP contribution in [0.5, 0.6) is 0 Å². The van der Waals surface area contributed by atoms with Gasteiger partial charge in [0, 0.05) is 16.7 Å². The van der Waals surface area contributed by atoms with Crippen LogP contribution >= 0.6 is 0 Å². The second-order valence-electron chi connectivity index (χ2n) is 8.79. The van der Waals surface area contributed by atoms with Crippen LogP contribution in [0.4, 0.5) is 5.69 Å². The summed E-state index contributed by atoms with van der Waals surface area (Å²) in [6.45, 7) is 10.7. The molecule has 0 saturated heterocycles. The van der Waals surface area contributed by atoms with E-state index in [1.54, 1.807) is 42.5 Å². The Morgan fingerprint density at radius 3 is 2.03 bits per heavy atom. The Morgan fingerprint density at radius 2 is 1.44 bits per heavy atom. The number of ketones is 1. The average Bonchev–Trinajstić information content (AvgIpc) is 2.73. The minimum absolute atomic E-state index is 0.121. The predicted octanol–water partition coefficient (Wildman–Crippen LogP) is 4.66. The van der Waals surface area contributed by atoms with Gasteiger partial charge in [-0.25, -0.2) is 14.8 Å². The van der Waals surface area contributed by atoms with Gasteiger partial charge < -0.3 is 10.1 Å². The average molecular weight is 434 g/mol. The van der Waals surface area contributed by atoms with Gasteiger partial charge in [0.2, 0.25) is 11.7 Å². The van der Waals surface area contributed by atoms with Gasteiger partial charge in [-0.05, 0) is 63.2 Å². The van der Waals surface area contributed by atoms with Crippen molar-refractivity contribution in [2.75, 3.05) is 5.32 Å². The zero-order valence-electron chi connectivity index (χ0n) is 19.1. The molecule has 0 aliphatic carbocycles. The van der Waals surface area contributed by atoms with Crippen molar-refractivity contribution in [2.24, 2.45) is 5.41 Å². The van der Waals surface area contributed by atoms with E-state index in [2.05, 4.69) is 15.3 Å². The van der Waals surface area contributed by atoms with E-state index in [0.717, 1.165) is 11.4 Å². The Morgan fingerprint density at radius 1 is 0.875 bits per heavy atom. The number of esters is 1. The Kier molecular flexibility index (Phi) is 6.39. The molecule has 1 amide bonds. The van der Waals surface area contributed by atoms with Crippen molar-refractivity contribution >= 4 is 34.4 Å². The molecular formula is C25H27N3O4. The van der Waals surface area contributed by atoms with Crippen molar-refractivity contribution in [1.29, 1.82) is 0 Å². The summed E-state index contributed by atoms with van der Waals surface area (Å²) in [6, 6.07) is 11.4. The monoisotopic (exact) mass is 433 g/mol. The Balaban J connectivity index is 1.68. The number of fused-ring (bicyclic) bond motifs is 1. The van der Waals surface area contributed by atoms with Crippen LogP contribution in [0.25, 0.3) is 11.0 Å². The maximum Gasteiger partial charge on any atom is 0.338 e. The smallest absolute Gasteiger partial charge is 0.338 e.